The van der Waals surface area contributed by atoms with Crippen LogP contribution in [0.15, 0.2) is 23.7 Å². The van der Waals surface area contributed by atoms with E-state index in [0.717, 1.165) is 17.1 Å². The largest absolute Gasteiger partial charge is 0.486 e. The molecule has 0 atom stereocenters. The second-order valence-corrected chi connectivity index (χ2v) is 6.63. The van der Waals surface area contributed by atoms with Gasteiger partial charge in [0.15, 0.2) is 11.5 Å². The number of urea groups is 1. The van der Waals surface area contributed by atoms with Gasteiger partial charge in [-0.2, -0.15) is 0 Å². The van der Waals surface area contributed by atoms with Crippen molar-refractivity contribution < 1.29 is 14.3 Å². The molecule has 1 aromatic carbocycles. The standard InChI is InChI=1S/C15H18N4O3S/c1-15(2,8-16-13(20)18-14-19-17-9-23-14)10-3-4-11-12(7-10)22-6-5-21-11/h3-4,7,9H,5-6,8H2,1-2H3,(H2,16,18,19,20). The minimum Gasteiger partial charge on any atom is -0.486 e. The molecular formula is C15H18N4O3S. The summed E-state index contributed by atoms with van der Waals surface area (Å²) in [7, 11) is 0. The first kappa shape index (κ1) is 15.5. The van der Waals surface area contributed by atoms with Crippen molar-refractivity contribution in [3.05, 3.63) is 29.3 Å². The number of aromatic nitrogens is 2. The molecule has 8 heteroatoms. The first-order valence-corrected chi connectivity index (χ1v) is 8.14. The van der Waals surface area contributed by atoms with Crippen molar-refractivity contribution in [2.24, 2.45) is 0 Å². The van der Waals surface area contributed by atoms with E-state index < -0.39 is 0 Å². The van der Waals surface area contributed by atoms with Gasteiger partial charge in [-0.3, -0.25) is 5.32 Å². The highest BCUT2D eigenvalue weighted by atomic mass is 32.1. The van der Waals surface area contributed by atoms with Crippen LogP contribution >= 0.6 is 11.3 Å². The van der Waals surface area contributed by atoms with Gasteiger partial charge in [0.25, 0.3) is 0 Å². The van der Waals surface area contributed by atoms with Crippen molar-refractivity contribution in [3.63, 3.8) is 0 Å². The van der Waals surface area contributed by atoms with Crippen LogP contribution in [0.1, 0.15) is 19.4 Å². The zero-order valence-corrected chi connectivity index (χ0v) is 13.8. The maximum atomic E-state index is 11.9. The summed E-state index contributed by atoms with van der Waals surface area (Å²) in [6.07, 6.45) is 0. The van der Waals surface area contributed by atoms with Crippen molar-refractivity contribution in [2.45, 2.75) is 19.3 Å². The van der Waals surface area contributed by atoms with Crippen LogP contribution in [0.4, 0.5) is 9.93 Å². The molecule has 3 rings (SSSR count). The third-order valence-electron chi connectivity index (χ3n) is 3.60. The summed E-state index contributed by atoms with van der Waals surface area (Å²) in [5.41, 5.74) is 2.38. The lowest BCUT2D eigenvalue weighted by molar-refractivity contribution is 0.171. The van der Waals surface area contributed by atoms with Crippen molar-refractivity contribution in [3.8, 4) is 11.5 Å². The average Bonchev–Trinajstić information content (AvgIpc) is 3.05. The Balaban J connectivity index is 1.63. The van der Waals surface area contributed by atoms with E-state index in [4.69, 9.17) is 9.47 Å². The summed E-state index contributed by atoms with van der Waals surface area (Å²) in [5.74, 6) is 1.51. The average molecular weight is 334 g/mol. The fraction of sp³-hybridized carbons (Fsp3) is 0.400. The number of amides is 2. The fourth-order valence-corrected chi connectivity index (χ4v) is 2.68. The third kappa shape index (κ3) is 3.70. The van der Waals surface area contributed by atoms with Gasteiger partial charge in [0.2, 0.25) is 5.13 Å². The van der Waals surface area contributed by atoms with Crippen LogP contribution in [0.25, 0.3) is 0 Å². The molecule has 1 aromatic heterocycles. The minimum absolute atomic E-state index is 0.256. The summed E-state index contributed by atoms with van der Waals surface area (Å²) in [6, 6.07) is 5.58. The number of hydrogen-bond acceptors (Lipinski definition) is 6. The molecule has 2 N–H and O–H groups in total. The van der Waals surface area contributed by atoms with E-state index in [1.165, 1.54) is 11.3 Å². The van der Waals surface area contributed by atoms with Crippen molar-refractivity contribution in [2.75, 3.05) is 25.1 Å². The lowest BCUT2D eigenvalue weighted by Crippen LogP contribution is -2.39. The number of ether oxygens (including phenoxy) is 2. The van der Waals surface area contributed by atoms with E-state index in [-0.39, 0.29) is 11.4 Å². The number of hydrogen-bond donors (Lipinski definition) is 2. The van der Waals surface area contributed by atoms with Crippen LogP contribution in [0, 0.1) is 0 Å². The molecule has 0 spiro atoms. The molecule has 0 saturated carbocycles. The van der Waals surface area contributed by atoms with E-state index in [0.29, 0.717) is 24.9 Å². The Morgan fingerprint density at radius 3 is 2.83 bits per heavy atom. The van der Waals surface area contributed by atoms with Crippen molar-refractivity contribution in [1.82, 2.24) is 15.5 Å². The Hall–Kier alpha value is -2.35. The van der Waals surface area contributed by atoms with Gasteiger partial charge in [-0.1, -0.05) is 31.3 Å². The zero-order valence-electron chi connectivity index (χ0n) is 13.0. The summed E-state index contributed by atoms with van der Waals surface area (Å²) >= 11 is 1.27. The van der Waals surface area contributed by atoms with Crippen LogP contribution in [-0.2, 0) is 5.41 Å². The predicted molar refractivity (Wildman–Crippen MR) is 87.4 cm³/mol. The van der Waals surface area contributed by atoms with Gasteiger partial charge in [0.05, 0.1) is 0 Å². The Bertz CT molecular complexity index is 688. The molecule has 0 fully saturated rings. The van der Waals surface area contributed by atoms with Gasteiger partial charge < -0.3 is 14.8 Å². The molecule has 2 aromatic rings. The normalized spacial score (nSPS) is 13.5. The number of benzene rings is 1. The molecule has 7 nitrogen and oxygen atoms in total. The molecule has 23 heavy (non-hydrogen) atoms. The van der Waals surface area contributed by atoms with Gasteiger partial charge in [0.1, 0.15) is 18.7 Å². The summed E-state index contributed by atoms with van der Waals surface area (Å²) < 4.78 is 11.1. The predicted octanol–water partition coefficient (Wildman–Crippen LogP) is 2.41. The maximum Gasteiger partial charge on any atom is 0.321 e. The van der Waals surface area contributed by atoms with Crippen LogP contribution in [0.2, 0.25) is 0 Å². The van der Waals surface area contributed by atoms with Gasteiger partial charge in [-0.15, -0.1) is 10.2 Å². The highest BCUT2D eigenvalue weighted by Crippen LogP contribution is 2.34. The number of nitrogens with one attached hydrogen (secondary N) is 2. The summed E-state index contributed by atoms with van der Waals surface area (Å²) in [5, 5.41) is 13.4. The lowest BCUT2D eigenvalue weighted by Gasteiger charge is -2.27. The molecule has 122 valence electrons. The van der Waals surface area contributed by atoms with Gasteiger partial charge >= 0.3 is 6.03 Å². The molecule has 1 aliphatic rings. The van der Waals surface area contributed by atoms with Crippen molar-refractivity contribution >= 4 is 22.5 Å². The molecule has 0 saturated heterocycles. The molecule has 2 amide bonds. The number of nitrogens with zero attached hydrogens (tertiary/aromatic N) is 2. The van der Waals surface area contributed by atoms with Crippen LogP contribution in [-0.4, -0.2) is 36.0 Å². The van der Waals surface area contributed by atoms with E-state index >= 15 is 0 Å². The first-order chi connectivity index (χ1) is 11.0. The van der Waals surface area contributed by atoms with E-state index in [9.17, 15) is 4.79 Å². The number of rotatable bonds is 4. The van der Waals surface area contributed by atoms with Gasteiger partial charge in [-0.05, 0) is 17.7 Å². The molecular weight excluding hydrogens is 316 g/mol. The van der Waals surface area contributed by atoms with Gasteiger partial charge in [0, 0.05) is 12.0 Å². The minimum atomic E-state index is -0.299. The quantitative estimate of drug-likeness (QED) is 0.897. The molecule has 0 unspecified atom stereocenters. The zero-order chi connectivity index (χ0) is 16.3. The highest BCUT2D eigenvalue weighted by molar-refractivity contribution is 7.13. The third-order valence-corrected chi connectivity index (χ3v) is 4.20. The monoisotopic (exact) mass is 334 g/mol. The summed E-state index contributed by atoms with van der Waals surface area (Å²) in [6.45, 7) is 5.72. The fourth-order valence-electron chi connectivity index (χ4n) is 2.24. The Morgan fingerprint density at radius 1 is 1.30 bits per heavy atom. The second-order valence-electron chi connectivity index (χ2n) is 5.79. The van der Waals surface area contributed by atoms with Crippen LogP contribution in [0.5, 0.6) is 11.5 Å². The second kappa shape index (κ2) is 6.41. The number of fused-ring (bicyclic) bond motifs is 1. The molecule has 2 heterocycles. The molecule has 0 bridgehead atoms. The number of carbonyl (C=O) groups is 1. The smallest absolute Gasteiger partial charge is 0.321 e. The molecule has 1 aliphatic heterocycles. The van der Waals surface area contributed by atoms with Gasteiger partial charge in [-0.25, -0.2) is 4.79 Å². The van der Waals surface area contributed by atoms with Crippen molar-refractivity contribution in [1.29, 1.82) is 0 Å². The highest BCUT2D eigenvalue weighted by Gasteiger charge is 2.24. The van der Waals surface area contributed by atoms with E-state index in [1.54, 1.807) is 5.51 Å². The van der Waals surface area contributed by atoms with E-state index in [1.807, 2.05) is 18.2 Å². The first-order valence-electron chi connectivity index (χ1n) is 7.26. The Kier molecular flexibility index (Phi) is 4.33. The molecule has 0 radical (unpaired) electrons. The Morgan fingerprint density at radius 2 is 2.09 bits per heavy atom. The van der Waals surface area contributed by atoms with E-state index in [2.05, 4.69) is 34.7 Å². The molecule has 0 aliphatic carbocycles. The SMILES string of the molecule is CC(C)(CNC(=O)Nc1nncs1)c1ccc2c(c1)OCCO2. The summed E-state index contributed by atoms with van der Waals surface area (Å²) in [4.78, 5) is 11.9. The topological polar surface area (TPSA) is 85.4 Å². The number of carbonyl (C=O) groups excluding carboxylic acids is 1. The Labute approximate surface area is 138 Å². The lowest BCUT2D eigenvalue weighted by atomic mass is 9.84. The van der Waals surface area contributed by atoms with Crippen LogP contribution < -0.4 is 20.1 Å². The maximum absolute atomic E-state index is 11.9. The van der Waals surface area contributed by atoms with Crippen LogP contribution in [0.3, 0.4) is 0 Å². The number of anilines is 1.